The number of nitrogens with zero attached hydrogens (tertiary/aromatic N) is 2. The van der Waals surface area contributed by atoms with Crippen molar-refractivity contribution in [1.82, 2.24) is 0 Å². The zero-order valence-corrected chi connectivity index (χ0v) is 12.6. The molecule has 24 heavy (non-hydrogen) atoms. The number of nitro groups is 2. The quantitative estimate of drug-likeness (QED) is 0.485. The number of hydrogen-bond acceptors (Lipinski definition) is 6. The van der Waals surface area contributed by atoms with E-state index < -0.39 is 27.2 Å². The molecule has 0 radical (unpaired) electrons. The van der Waals surface area contributed by atoms with Gasteiger partial charge in [0.2, 0.25) is 0 Å². The molecular formula is C15H13N3O6. The van der Waals surface area contributed by atoms with Crippen molar-refractivity contribution in [2.24, 2.45) is 0 Å². The number of aromatic carboxylic acids is 1. The number of nitro benzene ring substituents is 2. The minimum absolute atomic E-state index is 0.0233. The summed E-state index contributed by atoms with van der Waals surface area (Å²) in [6.45, 7) is 1.73. The predicted octanol–water partition coefficient (Wildman–Crippen LogP) is 3.01. The fourth-order valence-corrected chi connectivity index (χ4v) is 2.50. The number of hydrogen-bond donors (Lipinski definition) is 2. The summed E-state index contributed by atoms with van der Waals surface area (Å²) in [6.07, 6.45) is 0.344. The van der Waals surface area contributed by atoms with E-state index in [0.29, 0.717) is 17.5 Å². The van der Waals surface area contributed by atoms with Gasteiger partial charge in [-0.3, -0.25) is 20.2 Å². The summed E-state index contributed by atoms with van der Waals surface area (Å²) < 4.78 is 0. The third kappa shape index (κ3) is 2.86. The van der Waals surface area contributed by atoms with Crippen molar-refractivity contribution in [2.45, 2.75) is 13.3 Å². The van der Waals surface area contributed by atoms with E-state index in [1.165, 1.54) is 18.2 Å². The number of anilines is 1. The van der Waals surface area contributed by atoms with Gasteiger partial charge in [0.25, 0.3) is 11.4 Å². The number of carboxylic acids is 1. The lowest BCUT2D eigenvalue weighted by molar-refractivity contribution is -0.393. The Morgan fingerprint density at radius 1 is 1.12 bits per heavy atom. The van der Waals surface area contributed by atoms with E-state index >= 15 is 0 Å². The van der Waals surface area contributed by atoms with Gasteiger partial charge in [-0.05, 0) is 29.7 Å². The average Bonchev–Trinajstić information content (AvgIpc) is 2.53. The normalized spacial score (nSPS) is 10.4. The molecule has 9 nitrogen and oxygen atoms in total. The first-order valence-corrected chi connectivity index (χ1v) is 6.85. The van der Waals surface area contributed by atoms with E-state index in [1.807, 2.05) is 0 Å². The largest absolute Gasteiger partial charge is 0.478 e. The maximum absolute atomic E-state index is 11.3. The van der Waals surface area contributed by atoms with Crippen molar-refractivity contribution in [3.05, 3.63) is 61.7 Å². The monoisotopic (exact) mass is 331 g/mol. The summed E-state index contributed by atoms with van der Waals surface area (Å²) in [5.74, 6) is -1.20. The first kappa shape index (κ1) is 16.9. The molecule has 0 aliphatic heterocycles. The lowest BCUT2D eigenvalue weighted by atomic mass is 9.93. The Balaban J connectivity index is 2.77. The van der Waals surface area contributed by atoms with E-state index in [9.17, 15) is 25.0 Å². The minimum atomic E-state index is -1.20. The smallest absolute Gasteiger partial charge is 0.337 e. The van der Waals surface area contributed by atoms with Crippen LogP contribution < -0.4 is 5.73 Å². The van der Waals surface area contributed by atoms with Crippen molar-refractivity contribution in [3.63, 3.8) is 0 Å². The molecule has 0 amide bonds. The van der Waals surface area contributed by atoms with Gasteiger partial charge in [-0.25, -0.2) is 4.79 Å². The molecular weight excluding hydrogens is 318 g/mol. The van der Waals surface area contributed by atoms with Gasteiger partial charge < -0.3 is 10.8 Å². The SMILES string of the molecule is CCc1c(-c2ccc([N+](=O)[O-])cc2[N+](=O)[O-])ccc(C(=O)O)c1N. The predicted molar refractivity (Wildman–Crippen MR) is 85.9 cm³/mol. The van der Waals surface area contributed by atoms with Gasteiger partial charge in [0.1, 0.15) is 0 Å². The van der Waals surface area contributed by atoms with Crippen LogP contribution >= 0.6 is 0 Å². The molecule has 0 fully saturated rings. The molecule has 124 valence electrons. The van der Waals surface area contributed by atoms with E-state index in [0.717, 1.165) is 12.1 Å². The molecule has 2 aromatic rings. The van der Waals surface area contributed by atoms with Crippen LogP contribution in [0, 0.1) is 20.2 Å². The second-order valence-electron chi connectivity index (χ2n) is 4.93. The van der Waals surface area contributed by atoms with Crippen molar-refractivity contribution in [2.75, 3.05) is 5.73 Å². The first-order valence-electron chi connectivity index (χ1n) is 6.85. The molecule has 0 unspecified atom stereocenters. The number of carbonyl (C=O) groups is 1. The van der Waals surface area contributed by atoms with E-state index in [2.05, 4.69) is 0 Å². The van der Waals surface area contributed by atoms with Gasteiger partial charge in [0.15, 0.2) is 0 Å². The molecule has 3 N–H and O–H groups in total. The Hall–Kier alpha value is -3.49. The van der Waals surface area contributed by atoms with Crippen molar-refractivity contribution < 1.29 is 19.7 Å². The number of rotatable bonds is 5. The van der Waals surface area contributed by atoms with Gasteiger partial charge in [-0.1, -0.05) is 13.0 Å². The molecule has 0 saturated heterocycles. The Labute approximate surface area is 135 Å². The summed E-state index contributed by atoms with van der Waals surface area (Å²) in [5, 5.41) is 31.2. The van der Waals surface area contributed by atoms with Crippen LogP contribution in [0.5, 0.6) is 0 Å². The molecule has 2 rings (SSSR count). The number of nitrogens with two attached hydrogens (primary N) is 1. The molecule has 0 heterocycles. The number of non-ortho nitro benzene ring substituents is 1. The second-order valence-corrected chi connectivity index (χ2v) is 4.93. The topological polar surface area (TPSA) is 150 Å². The van der Waals surface area contributed by atoms with Crippen LogP contribution in [-0.2, 0) is 6.42 Å². The van der Waals surface area contributed by atoms with Crippen LogP contribution in [0.2, 0.25) is 0 Å². The lowest BCUT2D eigenvalue weighted by Gasteiger charge is -2.13. The molecule has 2 aromatic carbocycles. The van der Waals surface area contributed by atoms with Gasteiger partial charge in [0.05, 0.1) is 27.0 Å². The van der Waals surface area contributed by atoms with E-state index in [4.69, 9.17) is 10.8 Å². The van der Waals surface area contributed by atoms with Crippen molar-refractivity contribution in [1.29, 1.82) is 0 Å². The molecule has 0 aliphatic rings. The van der Waals surface area contributed by atoms with Crippen LogP contribution in [0.3, 0.4) is 0 Å². The molecule has 0 saturated carbocycles. The maximum atomic E-state index is 11.3. The van der Waals surface area contributed by atoms with Gasteiger partial charge in [0, 0.05) is 11.8 Å². The van der Waals surface area contributed by atoms with Crippen LogP contribution in [0.25, 0.3) is 11.1 Å². The highest BCUT2D eigenvalue weighted by Gasteiger charge is 2.24. The third-order valence-electron chi connectivity index (χ3n) is 3.62. The van der Waals surface area contributed by atoms with Crippen LogP contribution in [-0.4, -0.2) is 20.9 Å². The first-order chi connectivity index (χ1) is 11.3. The fraction of sp³-hybridized carbons (Fsp3) is 0.133. The van der Waals surface area contributed by atoms with Crippen LogP contribution in [0.1, 0.15) is 22.8 Å². The summed E-state index contributed by atoms with van der Waals surface area (Å²) in [6, 6.07) is 5.98. The Kier molecular flexibility index (Phi) is 4.45. The number of carboxylic acid groups (broad SMARTS) is 1. The molecule has 0 bridgehead atoms. The van der Waals surface area contributed by atoms with Gasteiger partial charge in [-0.2, -0.15) is 0 Å². The van der Waals surface area contributed by atoms with Gasteiger partial charge in [-0.15, -0.1) is 0 Å². The van der Waals surface area contributed by atoms with Gasteiger partial charge >= 0.3 is 5.97 Å². The highest BCUT2D eigenvalue weighted by atomic mass is 16.6. The third-order valence-corrected chi connectivity index (χ3v) is 3.62. The highest BCUT2D eigenvalue weighted by Crippen LogP contribution is 2.37. The zero-order valence-electron chi connectivity index (χ0n) is 12.6. The summed E-state index contributed by atoms with van der Waals surface area (Å²) in [4.78, 5) is 31.8. The maximum Gasteiger partial charge on any atom is 0.337 e. The summed E-state index contributed by atoms with van der Waals surface area (Å²) in [5.41, 5.74) is 5.92. The van der Waals surface area contributed by atoms with Crippen LogP contribution in [0.4, 0.5) is 17.1 Å². The minimum Gasteiger partial charge on any atom is -0.478 e. The van der Waals surface area contributed by atoms with Crippen LogP contribution in [0.15, 0.2) is 30.3 Å². The standard InChI is InChI=1S/C15H13N3O6/c1-2-9-10(5-6-12(14(9)16)15(19)20)11-4-3-8(17(21)22)7-13(11)18(23)24/h3-7H,2,16H2,1H3,(H,19,20). The summed E-state index contributed by atoms with van der Waals surface area (Å²) >= 11 is 0. The fourth-order valence-electron chi connectivity index (χ4n) is 2.50. The zero-order chi connectivity index (χ0) is 18.0. The number of benzene rings is 2. The summed E-state index contributed by atoms with van der Waals surface area (Å²) in [7, 11) is 0. The van der Waals surface area contributed by atoms with E-state index in [1.54, 1.807) is 6.92 Å². The Morgan fingerprint density at radius 3 is 2.25 bits per heavy atom. The van der Waals surface area contributed by atoms with Crippen molar-refractivity contribution in [3.8, 4) is 11.1 Å². The Bertz CT molecular complexity index is 863. The number of nitrogen functional groups attached to an aromatic ring is 1. The molecule has 0 spiro atoms. The molecule has 9 heteroatoms. The Morgan fingerprint density at radius 2 is 1.75 bits per heavy atom. The molecule has 0 aliphatic carbocycles. The van der Waals surface area contributed by atoms with E-state index in [-0.39, 0.29) is 16.8 Å². The van der Waals surface area contributed by atoms with Crippen molar-refractivity contribution >= 4 is 23.0 Å². The average molecular weight is 331 g/mol. The second kappa shape index (κ2) is 6.32. The molecule has 0 aromatic heterocycles. The molecule has 0 atom stereocenters. The lowest BCUT2D eigenvalue weighted by Crippen LogP contribution is -2.07. The highest BCUT2D eigenvalue weighted by molar-refractivity contribution is 5.97.